The van der Waals surface area contributed by atoms with Gasteiger partial charge in [-0.25, -0.2) is 0 Å². The Hall–Kier alpha value is -1.51. The first-order valence-corrected chi connectivity index (χ1v) is 8.25. The average Bonchev–Trinajstić information content (AvgIpc) is 2.55. The van der Waals surface area contributed by atoms with E-state index in [2.05, 4.69) is 29.2 Å². The summed E-state index contributed by atoms with van der Waals surface area (Å²) in [5.41, 5.74) is 4.23. The Kier molecular flexibility index (Phi) is 5.01. The lowest BCUT2D eigenvalue weighted by Crippen LogP contribution is -2.31. The standard InChI is InChI=1S/C19H22ClNO/c1-22-19-8-4-15(5-9-19)3-2-11-21-12-10-16-13-18(20)7-6-17(16)14-21/h4-9,13H,2-3,10-12,14H2,1H3. The van der Waals surface area contributed by atoms with Crippen LogP contribution in [0.15, 0.2) is 42.5 Å². The molecular weight excluding hydrogens is 294 g/mol. The van der Waals surface area contributed by atoms with Gasteiger partial charge in [0.2, 0.25) is 0 Å². The number of fused-ring (bicyclic) bond motifs is 1. The smallest absolute Gasteiger partial charge is 0.118 e. The van der Waals surface area contributed by atoms with Gasteiger partial charge in [-0.3, -0.25) is 4.90 Å². The molecule has 0 atom stereocenters. The van der Waals surface area contributed by atoms with Crippen LogP contribution in [0.1, 0.15) is 23.1 Å². The highest BCUT2D eigenvalue weighted by Crippen LogP contribution is 2.23. The van der Waals surface area contributed by atoms with Crippen LogP contribution < -0.4 is 4.74 Å². The van der Waals surface area contributed by atoms with Crippen LogP contribution in [-0.4, -0.2) is 25.1 Å². The highest BCUT2D eigenvalue weighted by molar-refractivity contribution is 6.30. The van der Waals surface area contributed by atoms with Crippen LogP contribution in [0.5, 0.6) is 5.75 Å². The predicted octanol–water partition coefficient (Wildman–Crippen LogP) is 4.34. The Bertz CT molecular complexity index is 624. The fraction of sp³-hybridized carbons (Fsp3) is 0.368. The molecule has 0 aromatic heterocycles. The van der Waals surface area contributed by atoms with Crippen LogP contribution in [-0.2, 0) is 19.4 Å². The molecule has 1 aliphatic rings. The van der Waals surface area contributed by atoms with E-state index in [1.165, 1.54) is 23.1 Å². The molecule has 0 unspecified atom stereocenters. The van der Waals surface area contributed by atoms with E-state index in [1.807, 2.05) is 18.2 Å². The molecule has 0 aliphatic carbocycles. The van der Waals surface area contributed by atoms with E-state index in [-0.39, 0.29) is 0 Å². The van der Waals surface area contributed by atoms with Gasteiger partial charge < -0.3 is 4.74 Å². The zero-order valence-electron chi connectivity index (χ0n) is 13.0. The topological polar surface area (TPSA) is 12.5 Å². The van der Waals surface area contributed by atoms with Crippen LogP contribution in [0, 0.1) is 0 Å². The fourth-order valence-electron chi connectivity index (χ4n) is 3.07. The molecule has 22 heavy (non-hydrogen) atoms. The molecule has 0 amide bonds. The second-order valence-corrected chi connectivity index (χ2v) is 6.33. The van der Waals surface area contributed by atoms with Crippen molar-refractivity contribution in [2.45, 2.75) is 25.8 Å². The Morgan fingerprint density at radius 1 is 1.09 bits per heavy atom. The molecule has 0 saturated heterocycles. The van der Waals surface area contributed by atoms with E-state index in [0.717, 1.165) is 43.2 Å². The summed E-state index contributed by atoms with van der Waals surface area (Å²) in [6.07, 6.45) is 3.42. The van der Waals surface area contributed by atoms with E-state index in [1.54, 1.807) is 7.11 Å². The summed E-state index contributed by atoms with van der Waals surface area (Å²) in [7, 11) is 1.70. The van der Waals surface area contributed by atoms with Crippen molar-refractivity contribution < 1.29 is 4.74 Å². The maximum Gasteiger partial charge on any atom is 0.118 e. The Morgan fingerprint density at radius 3 is 2.68 bits per heavy atom. The minimum Gasteiger partial charge on any atom is -0.497 e. The number of nitrogens with zero attached hydrogens (tertiary/aromatic N) is 1. The van der Waals surface area contributed by atoms with E-state index in [9.17, 15) is 0 Å². The number of ether oxygens (including phenoxy) is 1. The minimum absolute atomic E-state index is 0.853. The van der Waals surface area contributed by atoms with Gasteiger partial charge in [0, 0.05) is 18.1 Å². The van der Waals surface area contributed by atoms with Crippen LogP contribution in [0.2, 0.25) is 5.02 Å². The van der Waals surface area contributed by atoms with Gasteiger partial charge in [-0.05, 0) is 66.8 Å². The monoisotopic (exact) mass is 315 g/mol. The zero-order valence-corrected chi connectivity index (χ0v) is 13.8. The third kappa shape index (κ3) is 3.82. The molecular formula is C19H22ClNO. The number of rotatable bonds is 5. The molecule has 3 heteroatoms. The van der Waals surface area contributed by atoms with Crippen molar-refractivity contribution in [3.63, 3.8) is 0 Å². The summed E-state index contributed by atoms with van der Waals surface area (Å²) >= 11 is 6.06. The van der Waals surface area contributed by atoms with E-state index in [4.69, 9.17) is 16.3 Å². The number of aryl methyl sites for hydroxylation is 1. The van der Waals surface area contributed by atoms with Crippen LogP contribution in [0.3, 0.4) is 0 Å². The second kappa shape index (κ2) is 7.17. The first-order valence-electron chi connectivity index (χ1n) is 7.87. The number of methoxy groups -OCH3 is 1. The van der Waals surface area contributed by atoms with Crippen LogP contribution in [0.4, 0.5) is 0 Å². The normalized spacial score (nSPS) is 14.6. The molecule has 0 saturated carbocycles. The number of hydrogen-bond acceptors (Lipinski definition) is 2. The largest absolute Gasteiger partial charge is 0.497 e. The minimum atomic E-state index is 0.853. The number of benzene rings is 2. The van der Waals surface area contributed by atoms with Gasteiger partial charge in [-0.1, -0.05) is 29.8 Å². The molecule has 116 valence electrons. The summed E-state index contributed by atoms with van der Waals surface area (Å²) in [4.78, 5) is 2.54. The molecule has 2 aromatic carbocycles. The van der Waals surface area contributed by atoms with Gasteiger partial charge in [0.05, 0.1) is 7.11 Å². The van der Waals surface area contributed by atoms with Gasteiger partial charge in [0.1, 0.15) is 5.75 Å². The van der Waals surface area contributed by atoms with E-state index in [0.29, 0.717) is 0 Å². The summed E-state index contributed by atoms with van der Waals surface area (Å²) in [5, 5.41) is 0.853. The summed E-state index contributed by atoms with van der Waals surface area (Å²) in [5.74, 6) is 0.926. The van der Waals surface area contributed by atoms with Crippen molar-refractivity contribution in [3.8, 4) is 5.75 Å². The Balaban J connectivity index is 1.49. The van der Waals surface area contributed by atoms with Crippen molar-refractivity contribution in [2.24, 2.45) is 0 Å². The lowest BCUT2D eigenvalue weighted by atomic mass is 9.99. The zero-order chi connectivity index (χ0) is 15.4. The maximum atomic E-state index is 6.06. The molecule has 0 fully saturated rings. The molecule has 0 N–H and O–H groups in total. The van der Waals surface area contributed by atoms with Crippen molar-refractivity contribution in [3.05, 3.63) is 64.2 Å². The van der Waals surface area contributed by atoms with Crippen LogP contribution in [0.25, 0.3) is 0 Å². The number of hydrogen-bond donors (Lipinski definition) is 0. The van der Waals surface area contributed by atoms with E-state index >= 15 is 0 Å². The Morgan fingerprint density at radius 2 is 1.91 bits per heavy atom. The van der Waals surface area contributed by atoms with Gasteiger partial charge >= 0.3 is 0 Å². The predicted molar refractivity (Wildman–Crippen MR) is 91.7 cm³/mol. The van der Waals surface area contributed by atoms with Crippen molar-refractivity contribution in [1.29, 1.82) is 0 Å². The highest BCUT2D eigenvalue weighted by atomic mass is 35.5. The van der Waals surface area contributed by atoms with E-state index < -0.39 is 0 Å². The lowest BCUT2D eigenvalue weighted by Gasteiger charge is -2.28. The van der Waals surface area contributed by atoms with Crippen molar-refractivity contribution >= 4 is 11.6 Å². The quantitative estimate of drug-likeness (QED) is 0.814. The first kappa shape index (κ1) is 15.4. The van der Waals surface area contributed by atoms with Crippen molar-refractivity contribution in [2.75, 3.05) is 20.2 Å². The third-order valence-corrected chi connectivity index (χ3v) is 4.59. The Labute approximate surface area is 137 Å². The molecule has 0 bridgehead atoms. The van der Waals surface area contributed by atoms with Gasteiger partial charge in [0.15, 0.2) is 0 Å². The third-order valence-electron chi connectivity index (χ3n) is 4.36. The fourth-order valence-corrected chi connectivity index (χ4v) is 3.26. The van der Waals surface area contributed by atoms with Crippen molar-refractivity contribution in [1.82, 2.24) is 4.90 Å². The first-order chi connectivity index (χ1) is 10.7. The highest BCUT2D eigenvalue weighted by Gasteiger charge is 2.15. The molecule has 0 radical (unpaired) electrons. The molecule has 2 aromatic rings. The van der Waals surface area contributed by atoms with Gasteiger partial charge in [0.25, 0.3) is 0 Å². The van der Waals surface area contributed by atoms with Gasteiger partial charge in [-0.15, -0.1) is 0 Å². The summed E-state index contributed by atoms with van der Waals surface area (Å²) in [6.45, 7) is 3.33. The van der Waals surface area contributed by atoms with Gasteiger partial charge in [-0.2, -0.15) is 0 Å². The molecule has 0 spiro atoms. The summed E-state index contributed by atoms with van der Waals surface area (Å²) in [6, 6.07) is 14.7. The van der Waals surface area contributed by atoms with Crippen LogP contribution >= 0.6 is 11.6 Å². The number of halogens is 1. The lowest BCUT2D eigenvalue weighted by molar-refractivity contribution is 0.251. The average molecular weight is 316 g/mol. The second-order valence-electron chi connectivity index (χ2n) is 5.89. The molecule has 2 nitrogen and oxygen atoms in total. The molecule has 1 aliphatic heterocycles. The maximum absolute atomic E-state index is 6.06. The molecule has 1 heterocycles. The molecule has 3 rings (SSSR count). The summed E-state index contributed by atoms with van der Waals surface area (Å²) < 4.78 is 5.19. The SMILES string of the molecule is COc1ccc(CCCN2CCc3cc(Cl)ccc3C2)cc1.